The van der Waals surface area contributed by atoms with Crippen LogP contribution in [-0.2, 0) is 10.5 Å². The normalized spacial score (nSPS) is 16.0. The van der Waals surface area contributed by atoms with Gasteiger partial charge in [-0.2, -0.15) is 0 Å². The number of aryl methyl sites for hydroxylation is 1. The van der Waals surface area contributed by atoms with Crippen LogP contribution in [0.15, 0.2) is 48.5 Å². The van der Waals surface area contributed by atoms with E-state index in [2.05, 4.69) is 79.5 Å². The van der Waals surface area contributed by atoms with E-state index in [1.807, 2.05) is 0 Å². The lowest BCUT2D eigenvalue weighted by Crippen LogP contribution is -2.32. The third-order valence-electron chi connectivity index (χ3n) is 5.54. The van der Waals surface area contributed by atoms with Gasteiger partial charge in [0.05, 0.1) is 11.8 Å². The van der Waals surface area contributed by atoms with E-state index in [1.54, 1.807) is 11.8 Å². The fourth-order valence-electron chi connectivity index (χ4n) is 3.55. The van der Waals surface area contributed by atoms with Crippen molar-refractivity contribution in [2.45, 2.75) is 45.4 Å². The van der Waals surface area contributed by atoms with E-state index in [0.717, 1.165) is 30.3 Å². The molecule has 0 bridgehead atoms. The van der Waals surface area contributed by atoms with Gasteiger partial charge in [0.1, 0.15) is 0 Å². The van der Waals surface area contributed by atoms with Crippen LogP contribution in [0.1, 0.15) is 49.4 Å². The Balaban J connectivity index is 1.43. The van der Waals surface area contributed by atoms with Crippen molar-refractivity contribution in [1.29, 1.82) is 0 Å². The third-order valence-corrected chi connectivity index (χ3v) is 6.55. The van der Waals surface area contributed by atoms with Gasteiger partial charge in [0.25, 0.3) is 0 Å². The molecule has 2 aromatic carbocycles. The number of benzene rings is 2. The standard InChI is InChI=1S/C24H32N2OS/c1-18-4-6-21(7-5-18)16-28-17-24(27)25-20(3)22-8-10-23(11-9-22)26-14-12-19(2)13-15-26/h4-11,19-20H,12-17H2,1-3H3,(H,25,27)/t20-/m1/s1. The molecule has 1 N–H and O–H groups in total. The van der Waals surface area contributed by atoms with Crippen molar-refractivity contribution in [3.8, 4) is 0 Å². The van der Waals surface area contributed by atoms with E-state index < -0.39 is 0 Å². The van der Waals surface area contributed by atoms with Gasteiger partial charge in [-0.05, 0) is 55.9 Å². The highest BCUT2D eigenvalue weighted by atomic mass is 32.2. The summed E-state index contributed by atoms with van der Waals surface area (Å²) in [7, 11) is 0. The highest BCUT2D eigenvalue weighted by Crippen LogP contribution is 2.24. The van der Waals surface area contributed by atoms with Crippen LogP contribution < -0.4 is 10.2 Å². The minimum Gasteiger partial charge on any atom is -0.372 e. The quantitative estimate of drug-likeness (QED) is 0.685. The SMILES string of the molecule is Cc1ccc(CSCC(=O)N[C@H](C)c2ccc(N3CCC(C)CC3)cc2)cc1. The summed E-state index contributed by atoms with van der Waals surface area (Å²) in [6.07, 6.45) is 2.54. The second kappa shape index (κ2) is 10.0. The largest absolute Gasteiger partial charge is 0.372 e. The molecule has 1 aliphatic rings. The second-order valence-electron chi connectivity index (χ2n) is 8.03. The van der Waals surface area contributed by atoms with Crippen molar-refractivity contribution in [2.24, 2.45) is 5.92 Å². The molecule has 2 aromatic rings. The van der Waals surface area contributed by atoms with Crippen molar-refractivity contribution in [1.82, 2.24) is 5.32 Å². The third kappa shape index (κ3) is 6.03. The van der Waals surface area contributed by atoms with Crippen molar-refractivity contribution in [3.63, 3.8) is 0 Å². The number of amides is 1. The zero-order valence-corrected chi connectivity index (χ0v) is 18.1. The first kappa shape index (κ1) is 20.8. The number of hydrogen-bond acceptors (Lipinski definition) is 3. The van der Waals surface area contributed by atoms with Gasteiger partial charge in [0.2, 0.25) is 5.91 Å². The van der Waals surface area contributed by atoms with Gasteiger partial charge in [-0.25, -0.2) is 0 Å². The highest BCUT2D eigenvalue weighted by molar-refractivity contribution is 7.99. The zero-order valence-electron chi connectivity index (χ0n) is 17.3. The molecule has 4 heteroatoms. The molecular weight excluding hydrogens is 364 g/mol. The Kier molecular flexibility index (Phi) is 7.43. The van der Waals surface area contributed by atoms with Crippen LogP contribution >= 0.6 is 11.8 Å². The van der Waals surface area contributed by atoms with Crippen LogP contribution in [0.2, 0.25) is 0 Å². The molecule has 1 atom stereocenters. The van der Waals surface area contributed by atoms with Crippen molar-refractivity contribution >= 4 is 23.4 Å². The van der Waals surface area contributed by atoms with E-state index in [9.17, 15) is 4.79 Å². The average molecular weight is 397 g/mol. The number of piperidine rings is 1. The number of thioether (sulfide) groups is 1. The smallest absolute Gasteiger partial charge is 0.230 e. The topological polar surface area (TPSA) is 32.3 Å². The Morgan fingerprint density at radius 1 is 1.11 bits per heavy atom. The lowest BCUT2D eigenvalue weighted by atomic mass is 9.98. The van der Waals surface area contributed by atoms with Gasteiger partial charge >= 0.3 is 0 Å². The first-order valence-corrected chi connectivity index (χ1v) is 11.4. The molecule has 1 amide bonds. The maximum atomic E-state index is 12.3. The highest BCUT2D eigenvalue weighted by Gasteiger charge is 2.16. The summed E-state index contributed by atoms with van der Waals surface area (Å²) in [6.45, 7) is 8.77. The Labute approximate surface area is 173 Å². The molecule has 0 aromatic heterocycles. The molecule has 1 heterocycles. The predicted octanol–water partition coefficient (Wildman–Crippen LogP) is 5.34. The Morgan fingerprint density at radius 2 is 1.75 bits per heavy atom. The van der Waals surface area contributed by atoms with E-state index in [4.69, 9.17) is 0 Å². The molecule has 1 fully saturated rings. The maximum absolute atomic E-state index is 12.3. The number of carbonyl (C=O) groups excluding carboxylic acids is 1. The number of nitrogens with one attached hydrogen (secondary N) is 1. The van der Waals surface area contributed by atoms with E-state index >= 15 is 0 Å². The van der Waals surface area contributed by atoms with Gasteiger partial charge in [0, 0.05) is 24.5 Å². The summed E-state index contributed by atoms with van der Waals surface area (Å²) in [4.78, 5) is 14.7. The molecule has 0 radical (unpaired) electrons. The van der Waals surface area contributed by atoms with Crippen molar-refractivity contribution in [2.75, 3.05) is 23.7 Å². The van der Waals surface area contributed by atoms with E-state index in [0.29, 0.717) is 5.75 Å². The average Bonchev–Trinajstić information content (AvgIpc) is 2.70. The van der Waals surface area contributed by atoms with E-state index in [-0.39, 0.29) is 11.9 Å². The number of carbonyl (C=O) groups is 1. The fourth-order valence-corrected chi connectivity index (χ4v) is 4.35. The molecule has 0 saturated carbocycles. The summed E-state index contributed by atoms with van der Waals surface area (Å²) >= 11 is 1.66. The van der Waals surface area contributed by atoms with Crippen LogP contribution in [0.5, 0.6) is 0 Å². The summed E-state index contributed by atoms with van der Waals surface area (Å²) in [6, 6.07) is 17.2. The Morgan fingerprint density at radius 3 is 2.39 bits per heavy atom. The molecule has 0 unspecified atom stereocenters. The molecule has 3 rings (SSSR count). The summed E-state index contributed by atoms with van der Waals surface area (Å²) in [5, 5.41) is 3.12. The van der Waals surface area contributed by atoms with Crippen molar-refractivity contribution in [3.05, 3.63) is 65.2 Å². The molecule has 150 valence electrons. The van der Waals surface area contributed by atoms with Gasteiger partial charge in [0.15, 0.2) is 0 Å². The predicted molar refractivity (Wildman–Crippen MR) is 121 cm³/mol. The summed E-state index contributed by atoms with van der Waals surface area (Å²) in [5.41, 5.74) is 4.98. The zero-order chi connectivity index (χ0) is 19.9. The minimum absolute atomic E-state index is 0.0305. The lowest BCUT2D eigenvalue weighted by molar-refractivity contribution is -0.119. The molecule has 1 saturated heterocycles. The van der Waals surface area contributed by atoms with Gasteiger partial charge in [-0.1, -0.05) is 48.9 Å². The fraction of sp³-hybridized carbons (Fsp3) is 0.458. The van der Waals surface area contributed by atoms with Gasteiger partial charge in [-0.15, -0.1) is 11.8 Å². The number of rotatable bonds is 7. The number of anilines is 1. The first-order chi connectivity index (χ1) is 13.5. The monoisotopic (exact) mass is 396 g/mol. The minimum atomic E-state index is 0.0305. The van der Waals surface area contributed by atoms with Crippen LogP contribution in [0.4, 0.5) is 5.69 Å². The number of nitrogens with zero attached hydrogens (tertiary/aromatic N) is 1. The first-order valence-electron chi connectivity index (χ1n) is 10.3. The molecule has 3 nitrogen and oxygen atoms in total. The number of hydrogen-bond donors (Lipinski definition) is 1. The molecule has 0 spiro atoms. The molecule has 1 aliphatic heterocycles. The van der Waals surface area contributed by atoms with Gasteiger partial charge in [-0.3, -0.25) is 4.79 Å². The van der Waals surface area contributed by atoms with E-state index in [1.165, 1.54) is 29.7 Å². The molecule has 0 aliphatic carbocycles. The summed E-state index contributed by atoms with van der Waals surface area (Å²) < 4.78 is 0. The molecular formula is C24H32N2OS. The molecule has 28 heavy (non-hydrogen) atoms. The van der Waals surface area contributed by atoms with Crippen LogP contribution in [-0.4, -0.2) is 24.7 Å². The van der Waals surface area contributed by atoms with Crippen LogP contribution in [0, 0.1) is 12.8 Å². The Bertz CT molecular complexity index is 749. The second-order valence-corrected chi connectivity index (χ2v) is 9.01. The van der Waals surface area contributed by atoms with Crippen LogP contribution in [0.3, 0.4) is 0 Å². The van der Waals surface area contributed by atoms with Crippen LogP contribution in [0.25, 0.3) is 0 Å². The Hall–Kier alpha value is -1.94. The van der Waals surface area contributed by atoms with Gasteiger partial charge < -0.3 is 10.2 Å². The summed E-state index contributed by atoms with van der Waals surface area (Å²) in [5.74, 6) is 2.29. The van der Waals surface area contributed by atoms with Crippen molar-refractivity contribution < 1.29 is 4.79 Å². The lowest BCUT2D eigenvalue weighted by Gasteiger charge is -2.32. The maximum Gasteiger partial charge on any atom is 0.230 e.